The Morgan fingerprint density at radius 2 is 2.12 bits per heavy atom. The molecule has 1 aromatic carbocycles. The van der Waals surface area contributed by atoms with Gasteiger partial charge in [-0.15, -0.1) is 0 Å². The number of fused-ring (bicyclic) bond motifs is 1. The van der Waals surface area contributed by atoms with Gasteiger partial charge in [0.1, 0.15) is 5.82 Å². The van der Waals surface area contributed by atoms with Crippen LogP contribution in [0.2, 0.25) is 0 Å². The molecule has 5 heteroatoms. The van der Waals surface area contributed by atoms with Gasteiger partial charge in [0.2, 0.25) is 5.91 Å². The summed E-state index contributed by atoms with van der Waals surface area (Å²) in [6.45, 7) is 0.0911. The second-order valence-corrected chi connectivity index (χ2v) is 6.76. The Labute approximate surface area is 141 Å². The van der Waals surface area contributed by atoms with E-state index in [4.69, 9.17) is 0 Å². The lowest BCUT2D eigenvalue weighted by atomic mass is 9.82. The third kappa shape index (κ3) is 3.96. The van der Waals surface area contributed by atoms with Gasteiger partial charge in [-0.2, -0.15) is 0 Å². The highest BCUT2D eigenvalue weighted by molar-refractivity contribution is 5.89. The van der Waals surface area contributed by atoms with E-state index in [9.17, 15) is 14.3 Å². The van der Waals surface area contributed by atoms with E-state index in [0.29, 0.717) is 17.9 Å². The predicted octanol–water partition coefficient (Wildman–Crippen LogP) is 3.30. The van der Waals surface area contributed by atoms with E-state index in [-0.39, 0.29) is 30.8 Å². The number of benzene rings is 1. The summed E-state index contributed by atoms with van der Waals surface area (Å²) in [5.74, 6) is 0.136. The van der Waals surface area contributed by atoms with E-state index in [1.54, 1.807) is 12.3 Å². The zero-order chi connectivity index (χ0) is 16.9. The fourth-order valence-corrected chi connectivity index (χ4v) is 3.84. The second-order valence-electron chi connectivity index (χ2n) is 6.76. The molecule has 3 rings (SSSR count). The number of hydrogen-bond donors (Lipinski definition) is 3. The molecule has 24 heavy (non-hydrogen) atoms. The number of H-pyrrole nitrogens is 1. The third-order valence-electron chi connectivity index (χ3n) is 5.09. The lowest BCUT2D eigenvalue weighted by molar-refractivity contribution is -0.121. The van der Waals surface area contributed by atoms with Gasteiger partial charge in [0.05, 0.1) is 6.42 Å². The maximum absolute atomic E-state index is 13.2. The van der Waals surface area contributed by atoms with E-state index in [2.05, 4.69) is 10.3 Å². The van der Waals surface area contributed by atoms with Crippen molar-refractivity contribution in [2.24, 2.45) is 5.92 Å². The molecule has 1 aliphatic rings. The highest BCUT2D eigenvalue weighted by Gasteiger charge is 2.25. The molecule has 2 aromatic rings. The average molecular weight is 332 g/mol. The lowest BCUT2D eigenvalue weighted by Gasteiger charge is -2.30. The van der Waals surface area contributed by atoms with Crippen LogP contribution in [0.4, 0.5) is 4.39 Å². The minimum Gasteiger partial charge on any atom is -0.396 e. The first-order valence-electron chi connectivity index (χ1n) is 8.83. The van der Waals surface area contributed by atoms with Crippen molar-refractivity contribution in [3.05, 3.63) is 35.8 Å². The quantitative estimate of drug-likeness (QED) is 0.760. The Morgan fingerprint density at radius 1 is 1.33 bits per heavy atom. The molecule has 1 saturated carbocycles. The first-order valence-corrected chi connectivity index (χ1v) is 8.83. The molecule has 1 aromatic heterocycles. The smallest absolute Gasteiger partial charge is 0.224 e. The monoisotopic (exact) mass is 332 g/mol. The number of rotatable bonds is 6. The van der Waals surface area contributed by atoms with Gasteiger partial charge >= 0.3 is 0 Å². The van der Waals surface area contributed by atoms with Crippen molar-refractivity contribution in [2.45, 2.75) is 51.0 Å². The van der Waals surface area contributed by atoms with Gasteiger partial charge in [0.15, 0.2) is 0 Å². The van der Waals surface area contributed by atoms with Crippen LogP contribution < -0.4 is 5.32 Å². The van der Waals surface area contributed by atoms with E-state index < -0.39 is 0 Å². The predicted molar refractivity (Wildman–Crippen MR) is 92.2 cm³/mol. The molecule has 0 saturated heterocycles. The highest BCUT2D eigenvalue weighted by atomic mass is 19.1. The average Bonchev–Trinajstić information content (AvgIpc) is 2.97. The normalized spacial score (nSPS) is 17.1. The fourth-order valence-electron chi connectivity index (χ4n) is 3.84. The van der Waals surface area contributed by atoms with Crippen molar-refractivity contribution in [3.8, 4) is 0 Å². The Balaban J connectivity index is 1.66. The van der Waals surface area contributed by atoms with Crippen molar-refractivity contribution in [1.29, 1.82) is 0 Å². The van der Waals surface area contributed by atoms with Crippen molar-refractivity contribution < 1.29 is 14.3 Å². The molecule has 0 spiro atoms. The number of aliphatic hydroxyl groups excluding tert-OH is 1. The minimum atomic E-state index is -0.291. The second kappa shape index (κ2) is 7.79. The molecule has 1 fully saturated rings. The summed E-state index contributed by atoms with van der Waals surface area (Å²) in [4.78, 5) is 15.5. The van der Waals surface area contributed by atoms with Gasteiger partial charge in [-0.05, 0) is 48.9 Å². The van der Waals surface area contributed by atoms with Crippen molar-refractivity contribution in [2.75, 3.05) is 6.61 Å². The first kappa shape index (κ1) is 17.0. The molecule has 1 aliphatic carbocycles. The number of aromatic nitrogens is 1. The number of nitrogens with one attached hydrogen (secondary N) is 2. The molecule has 0 aliphatic heterocycles. The highest BCUT2D eigenvalue weighted by Crippen LogP contribution is 2.28. The van der Waals surface area contributed by atoms with Crippen LogP contribution in [0.15, 0.2) is 24.4 Å². The third-order valence-corrected chi connectivity index (χ3v) is 5.09. The molecule has 1 unspecified atom stereocenters. The van der Waals surface area contributed by atoms with Gasteiger partial charge in [-0.25, -0.2) is 4.39 Å². The topological polar surface area (TPSA) is 65.1 Å². The van der Waals surface area contributed by atoms with Gasteiger partial charge in [-0.3, -0.25) is 4.79 Å². The van der Waals surface area contributed by atoms with Gasteiger partial charge in [0.25, 0.3) is 0 Å². The Bertz CT molecular complexity index is 692. The van der Waals surface area contributed by atoms with E-state index in [1.807, 2.05) is 0 Å². The number of carbonyl (C=O) groups excluding carboxylic acids is 1. The minimum absolute atomic E-state index is 0.0377. The zero-order valence-corrected chi connectivity index (χ0v) is 13.9. The Kier molecular flexibility index (Phi) is 5.51. The maximum atomic E-state index is 13.2. The molecule has 130 valence electrons. The van der Waals surface area contributed by atoms with Crippen LogP contribution in [0.25, 0.3) is 10.9 Å². The first-order chi connectivity index (χ1) is 11.7. The van der Waals surface area contributed by atoms with Gasteiger partial charge in [-0.1, -0.05) is 19.3 Å². The van der Waals surface area contributed by atoms with Crippen LogP contribution in [-0.4, -0.2) is 28.6 Å². The summed E-state index contributed by atoms with van der Waals surface area (Å²) < 4.78 is 13.2. The van der Waals surface area contributed by atoms with Crippen LogP contribution in [0.1, 0.15) is 44.1 Å². The van der Waals surface area contributed by atoms with E-state index >= 15 is 0 Å². The van der Waals surface area contributed by atoms with Gasteiger partial charge in [0, 0.05) is 29.7 Å². The molecular weight excluding hydrogens is 307 g/mol. The fraction of sp³-hybridized carbons (Fsp3) is 0.526. The Morgan fingerprint density at radius 3 is 2.88 bits per heavy atom. The number of hydrogen-bond acceptors (Lipinski definition) is 2. The molecule has 1 atom stereocenters. The van der Waals surface area contributed by atoms with Crippen LogP contribution >= 0.6 is 0 Å². The number of aromatic amines is 1. The molecule has 0 radical (unpaired) electrons. The molecule has 4 nitrogen and oxygen atoms in total. The van der Waals surface area contributed by atoms with Crippen molar-refractivity contribution >= 4 is 16.8 Å². The van der Waals surface area contributed by atoms with Gasteiger partial charge < -0.3 is 15.4 Å². The zero-order valence-electron chi connectivity index (χ0n) is 13.9. The van der Waals surface area contributed by atoms with Crippen molar-refractivity contribution in [3.63, 3.8) is 0 Å². The van der Waals surface area contributed by atoms with Crippen LogP contribution in [0, 0.1) is 11.7 Å². The molecule has 3 N–H and O–H groups in total. The Hall–Kier alpha value is -1.88. The largest absolute Gasteiger partial charge is 0.396 e. The maximum Gasteiger partial charge on any atom is 0.224 e. The van der Waals surface area contributed by atoms with Crippen LogP contribution in [-0.2, 0) is 11.2 Å². The summed E-state index contributed by atoms with van der Waals surface area (Å²) in [5.41, 5.74) is 1.57. The summed E-state index contributed by atoms with van der Waals surface area (Å²) in [5, 5.41) is 13.3. The summed E-state index contributed by atoms with van der Waals surface area (Å²) in [7, 11) is 0. The standard InChI is InChI=1S/C19H25FN2O2/c20-15-6-7-16-14(12-21-18(16)11-15)10-19(24)22-17(8-9-23)13-4-2-1-3-5-13/h6-7,11-13,17,21,23H,1-5,8-10H2,(H,22,24). The summed E-state index contributed by atoms with van der Waals surface area (Å²) >= 11 is 0. The number of carbonyl (C=O) groups is 1. The lowest BCUT2D eigenvalue weighted by Crippen LogP contribution is -2.42. The summed E-state index contributed by atoms with van der Waals surface area (Å²) in [6.07, 6.45) is 8.56. The SMILES string of the molecule is O=C(Cc1c[nH]c2cc(F)ccc12)NC(CCO)C1CCCCC1. The molecule has 1 amide bonds. The number of halogens is 1. The van der Waals surface area contributed by atoms with E-state index in [0.717, 1.165) is 23.8 Å². The number of aliphatic hydroxyl groups is 1. The molecule has 0 bridgehead atoms. The van der Waals surface area contributed by atoms with E-state index in [1.165, 1.54) is 31.4 Å². The van der Waals surface area contributed by atoms with Crippen molar-refractivity contribution in [1.82, 2.24) is 10.3 Å². The molecule has 1 heterocycles. The number of amides is 1. The van der Waals surface area contributed by atoms with Crippen LogP contribution in [0.3, 0.4) is 0 Å². The summed E-state index contributed by atoms with van der Waals surface area (Å²) in [6, 6.07) is 4.60. The molecular formula is C19H25FN2O2. The van der Waals surface area contributed by atoms with Crippen LogP contribution in [0.5, 0.6) is 0 Å².